The molecule has 3 heteroatoms. The Bertz CT molecular complexity index is 157. The molecule has 3 nitrogen and oxygen atoms in total. The van der Waals surface area contributed by atoms with Crippen molar-refractivity contribution in [3.8, 4) is 0 Å². The van der Waals surface area contributed by atoms with Crippen LogP contribution < -0.4 is 0 Å². The molecule has 0 aromatic heterocycles. The van der Waals surface area contributed by atoms with Gasteiger partial charge in [0.25, 0.3) is 0 Å². The summed E-state index contributed by atoms with van der Waals surface area (Å²) in [5, 5.41) is 14.3. The van der Waals surface area contributed by atoms with Crippen LogP contribution >= 0.6 is 0 Å². The lowest BCUT2D eigenvalue weighted by Crippen LogP contribution is -2.37. The van der Waals surface area contributed by atoms with Crippen molar-refractivity contribution in [3.05, 3.63) is 0 Å². The zero-order valence-electron chi connectivity index (χ0n) is 6.93. The number of hydrogen-bond acceptors (Lipinski definition) is 2. The average molecular weight is 153 g/mol. The molecule has 1 aliphatic rings. The molecular formula is C8H15N3. The fourth-order valence-corrected chi connectivity index (χ4v) is 1.34. The van der Waals surface area contributed by atoms with Crippen LogP contribution in [-0.4, -0.2) is 30.0 Å². The third kappa shape index (κ3) is 2.03. The molecule has 0 aromatic carbocycles. The van der Waals surface area contributed by atoms with Gasteiger partial charge in [-0.1, -0.05) is 6.92 Å². The monoisotopic (exact) mass is 153 g/mol. The van der Waals surface area contributed by atoms with E-state index in [9.17, 15) is 0 Å². The molecule has 0 radical (unpaired) electrons. The molecule has 1 aliphatic heterocycles. The lowest BCUT2D eigenvalue weighted by Gasteiger charge is -2.30. The first kappa shape index (κ1) is 8.24. The van der Waals surface area contributed by atoms with E-state index in [-0.39, 0.29) is 0 Å². The van der Waals surface area contributed by atoms with E-state index in [1.54, 1.807) is 0 Å². The quantitative estimate of drug-likeness (QED) is 0.433. The topological polar surface area (TPSA) is 50.9 Å². The van der Waals surface area contributed by atoms with Crippen molar-refractivity contribution in [2.24, 2.45) is 5.92 Å². The van der Waals surface area contributed by atoms with Gasteiger partial charge in [-0.05, 0) is 18.8 Å². The van der Waals surface area contributed by atoms with E-state index in [0.717, 1.165) is 38.1 Å². The second-order valence-electron chi connectivity index (χ2n) is 3.20. The molecule has 0 amide bonds. The summed E-state index contributed by atoms with van der Waals surface area (Å²) in [6.07, 6.45) is 3.45. The minimum Gasteiger partial charge on any atom is -0.356 e. The predicted octanol–water partition coefficient (Wildman–Crippen LogP) is 1.35. The Balaban J connectivity index is 2.38. The molecule has 0 aliphatic carbocycles. The maximum absolute atomic E-state index is 7.38. The van der Waals surface area contributed by atoms with Gasteiger partial charge in [0.15, 0.2) is 0 Å². The SMILES string of the molecule is CC1CCN(C(=N)C=N)CC1. The van der Waals surface area contributed by atoms with Crippen LogP contribution in [0.15, 0.2) is 0 Å². The Kier molecular flexibility index (Phi) is 2.63. The van der Waals surface area contributed by atoms with Crippen molar-refractivity contribution in [1.82, 2.24) is 4.90 Å². The Morgan fingerprint density at radius 3 is 2.45 bits per heavy atom. The lowest BCUT2D eigenvalue weighted by atomic mass is 9.99. The van der Waals surface area contributed by atoms with Gasteiger partial charge in [0.1, 0.15) is 5.84 Å². The third-order valence-electron chi connectivity index (χ3n) is 2.26. The second kappa shape index (κ2) is 3.51. The van der Waals surface area contributed by atoms with Gasteiger partial charge < -0.3 is 10.3 Å². The first-order valence-corrected chi connectivity index (χ1v) is 4.08. The molecule has 62 valence electrons. The van der Waals surface area contributed by atoms with Crippen LogP contribution in [0.1, 0.15) is 19.8 Å². The zero-order chi connectivity index (χ0) is 8.27. The van der Waals surface area contributed by atoms with Gasteiger partial charge in [-0.3, -0.25) is 5.41 Å². The molecule has 0 saturated carbocycles. The maximum atomic E-state index is 7.38. The van der Waals surface area contributed by atoms with Crippen LogP contribution in [0.5, 0.6) is 0 Å². The summed E-state index contributed by atoms with van der Waals surface area (Å²) in [5.41, 5.74) is 0. The van der Waals surface area contributed by atoms with E-state index in [2.05, 4.69) is 6.92 Å². The van der Waals surface area contributed by atoms with E-state index in [1.807, 2.05) is 4.90 Å². The van der Waals surface area contributed by atoms with Crippen LogP contribution in [0.2, 0.25) is 0 Å². The van der Waals surface area contributed by atoms with Gasteiger partial charge in [-0.2, -0.15) is 0 Å². The zero-order valence-corrected chi connectivity index (χ0v) is 6.93. The summed E-state index contributed by atoms with van der Waals surface area (Å²) in [4.78, 5) is 1.97. The number of rotatable bonds is 1. The number of piperidine rings is 1. The maximum Gasteiger partial charge on any atom is 0.138 e. The van der Waals surface area contributed by atoms with Crippen molar-refractivity contribution in [2.75, 3.05) is 13.1 Å². The van der Waals surface area contributed by atoms with Crippen molar-refractivity contribution < 1.29 is 0 Å². The van der Waals surface area contributed by atoms with Crippen LogP contribution in [0.25, 0.3) is 0 Å². The molecule has 11 heavy (non-hydrogen) atoms. The van der Waals surface area contributed by atoms with Gasteiger partial charge >= 0.3 is 0 Å². The number of amidine groups is 1. The first-order chi connectivity index (χ1) is 5.24. The highest BCUT2D eigenvalue weighted by molar-refractivity contribution is 6.26. The Labute approximate surface area is 67.4 Å². The van der Waals surface area contributed by atoms with Crippen LogP contribution in [0, 0.1) is 16.7 Å². The number of likely N-dealkylation sites (tertiary alicyclic amines) is 1. The third-order valence-corrected chi connectivity index (χ3v) is 2.26. The van der Waals surface area contributed by atoms with E-state index < -0.39 is 0 Å². The summed E-state index contributed by atoms with van der Waals surface area (Å²) in [7, 11) is 0. The normalized spacial score (nSPS) is 19.9. The van der Waals surface area contributed by atoms with E-state index in [1.165, 1.54) is 0 Å². The molecule has 0 unspecified atom stereocenters. The standard InChI is InChI=1S/C8H15N3/c1-7-2-4-11(5-3-7)8(10)6-9/h6-7,9-10H,2-5H2,1H3. The molecule has 0 atom stereocenters. The Hall–Kier alpha value is -0.860. The van der Waals surface area contributed by atoms with Crippen molar-refractivity contribution in [1.29, 1.82) is 10.8 Å². The second-order valence-corrected chi connectivity index (χ2v) is 3.20. The van der Waals surface area contributed by atoms with Gasteiger partial charge in [-0.25, -0.2) is 0 Å². The van der Waals surface area contributed by atoms with Crippen LogP contribution in [0.3, 0.4) is 0 Å². The largest absolute Gasteiger partial charge is 0.356 e. The summed E-state index contributed by atoms with van der Waals surface area (Å²) < 4.78 is 0. The molecule has 1 heterocycles. The molecular weight excluding hydrogens is 138 g/mol. The van der Waals surface area contributed by atoms with Crippen molar-refractivity contribution in [2.45, 2.75) is 19.8 Å². The summed E-state index contributed by atoms with van der Waals surface area (Å²) >= 11 is 0. The first-order valence-electron chi connectivity index (χ1n) is 4.08. The van der Waals surface area contributed by atoms with E-state index >= 15 is 0 Å². The minimum absolute atomic E-state index is 0.358. The van der Waals surface area contributed by atoms with Gasteiger partial charge in [0.05, 0.1) is 6.21 Å². The molecule has 1 rings (SSSR count). The van der Waals surface area contributed by atoms with Crippen LogP contribution in [-0.2, 0) is 0 Å². The fourth-order valence-electron chi connectivity index (χ4n) is 1.34. The molecule has 0 aromatic rings. The Morgan fingerprint density at radius 2 is 2.00 bits per heavy atom. The molecule has 2 N–H and O–H groups in total. The van der Waals surface area contributed by atoms with Crippen molar-refractivity contribution in [3.63, 3.8) is 0 Å². The highest BCUT2D eigenvalue weighted by Gasteiger charge is 2.16. The molecule has 1 fully saturated rings. The van der Waals surface area contributed by atoms with Gasteiger partial charge in [0, 0.05) is 13.1 Å². The summed E-state index contributed by atoms with van der Waals surface area (Å²) in [6, 6.07) is 0. The number of nitrogens with zero attached hydrogens (tertiary/aromatic N) is 1. The lowest BCUT2D eigenvalue weighted by molar-refractivity contribution is 0.282. The number of hydrogen-bond donors (Lipinski definition) is 2. The van der Waals surface area contributed by atoms with Gasteiger partial charge in [0.2, 0.25) is 0 Å². The summed E-state index contributed by atoms with van der Waals surface area (Å²) in [5.74, 6) is 1.15. The van der Waals surface area contributed by atoms with Crippen molar-refractivity contribution >= 4 is 12.1 Å². The fraction of sp³-hybridized carbons (Fsp3) is 0.750. The highest BCUT2D eigenvalue weighted by atomic mass is 15.2. The highest BCUT2D eigenvalue weighted by Crippen LogP contribution is 2.15. The molecule has 0 bridgehead atoms. The molecule has 1 saturated heterocycles. The minimum atomic E-state index is 0.358. The Morgan fingerprint density at radius 1 is 1.45 bits per heavy atom. The van der Waals surface area contributed by atoms with E-state index in [4.69, 9.17) is 10.8 Å². The van der Waals surface area contributed by atoms with E-state index in [0.29, 0.717) is 5.84 Å². The smallest absolute Gasteiger partial charge is 0.138 e. The summed E-state index contributed by atoms with van der Waals surface area (Å²) in [6.45, 7) is 4.15. The number of nitrogens with one attached hydrogen (secondary N) is 2. The predicted molar refractivity (Wildman–Crippen MR) is 46.5 cm³/mol. The van der Waals surface area contributed by atoms with Crippen LogP contribution in [0.4, 0.5) is 0 Å². The molecule has 0 spiro atoms. The van der Waals surface area contributed by atoms with Gasteiger partial charge in [-0.15, -0.1) is 0 Å². The average Bonchev–Trinajstić information content (AvgIpc) is 2.05.